The highest BCUT2D eigenvalue weighted by Gasteiger charge is 2.20. The third-order valence-electron chi connectivity index (χ3n) is 3.42. The summed E-state index contributed by atoms with van der Waals surface area (Å²) < 4.78 is 7.85. The topological polar surface area (TPSA) is 39.9 Å². The monoisotopic (exact) mass is 305 g/mol. The summed E-state index contributed by atoms with van der Waals surface area (Å²) in [6.07, 6.45) is 3.57. The number of aromatic nitrogens is 3. The quantitative estimate of drug-likeness (QED) is 0.642. The van der Waals surface area contributed by atoms with Gasteiger partial charge in [0.25, 0.3) is 0 Å². The Kier molecular flexibility index (Phi) is 2.62. The molecule has 4 rings (SSSR count). The van der Waals surface area contributed by atoms with Crippen molar-refractivity contribution in [2.75, 3.05) is 6.61 Å². The molecular formula is C14H9Cl2N3O. The van der Waals surface area contributed by atoms with E-state index in [-0.39, 0.29) is 5.28 Å². The van der Waals surface area contributed by atoms with Crippen LogP contribution in [0.1, 0.15) is 0 Å². The van der Waals surface area contributed by atoms with E-state index in [4.69, 9.17) is 27.9 Å². The molecule has 20 heavy (non-hydrogen) atoms. The molecule has 0 bridgehead atoms. The number of nitrogens with zero attached hydrogens (tertiary/aromatic N) is 3. The standard InChI is InChI=1S/C14H9Cl2N3O/c15-10-6-17-14(16)18-12(10)9-7-19-4-5-20-11-3-1-2-8(9)13(11)19/h1-3,6-7H,4-5H2. The Morgan fingerprint density at radius 3 is 3.05 bits per heavy atom. The molecular weight excluding hydrogens is 297 g/mol. The summed E-state index contributed by atoms with van der Waals surface area (Å²) in [5.41, 5.74) is 2.66. The summed E-state index contributed by atoms with van der Waals surface area (Å²) >= 11 is 12.1. The molecule has 2 aromatic heterocycles. The maximum atomic E-state index is 6.21. The van der Waals surface area contributed by atoms with Crippen LogP contribution >= 0.6 is 23.2 Å². The van der Waals surface area contributed by atoms with Crippen molar-refractivity contribution in [3.8, 4) is 17.0 Å². The summed E-state index contributed by atoms with van der Waals surface area (Å²) in [4.78, 5) is 8.15. The summed E-state index contributed by atoms with van der Waals surface area (Å²) in [5, 5.41) is 1.73. The van der Waals surface area contributed by atoms with Gasteiger partial charge in [-0.3, -0.25) is 0 Å². The summed E-state index contributed by atoms with van der Waals surface area (Å²) in [6, 6.07) is 5.97. The Bertz CT molecular complexity index is 829. The molecule has 3 heterocycles. The minimum atomic E-state index is 0.188. The number of ether oxygens (including phenoxy) is 1. The van der Waals surface area contributed by atoms with Crippen LogP contribution in [0.5, 0.6) is 5.75 Å². The molecule has 1 aromatic carbocycles. The molecule has 0 saturated heterocycles. The van der Waals surface area contributed by atoms with Crippen LogP contribution in [0, 0.1) is 0 Å². The van der Waals surface area contributed by atoms with Gasteiger partial charge in [-0.05, 0) is 17.7 Å². The average molecular weight is 306 g/mol. The maximum Gasteiger partial charge on any atom is 0.222 e. The van der Waals surface area contributed by atoms with Crippen molar-refractivity contribution in [1.82, 2.24) is 14.5 Å². The van der Waals surface area contributed by atoms with Crippen molar-refractivity contribution in [2.24, 2.45) is 0 Å². The van der Waals surface area contributed by atoms with Gasteiger partial charge in [0.15, 0.2) is 0 Å². The Hall–Kier alpha value is -1.78. The Morgan fingerprint density at radius 1 is 1.25 bits per heavy atom. The fraction of sp³-hybridized carbons (Fsp3) is 0.143. The van der Waals surface area contributed by atoms with Crippen LogP contribution in [0.25, 0.3) is 22.2 Å². The SMILES string of the molecule is Clc1ncc(Cl)c(-c2cn3c4c(cccc24)OCC3)n1. The molecule has 0 aliphatic carbocycles. The Labute approximate surface area is 124 Å². The van der Waals surface area contributed by atoms with Crippen molar-refractivity contribution in [3.05, 3.63) is 40.9 Å². The zero-order chi connectivity index (χ0) is 13.7. The number of hydrogen-bond donors (Lipinski definition) is 0. The second kappa shape index (κ2) is 4.36. The lowest BCUT2D eigenvalue weighted by atomic mass is 10.1. The average Bonchev–Trinajstić information content (AvgIpc) is 2.83. The molecule has 0 spiro atoms. The first-order valence-electron chi connectivity index (χ1n) is 6.17. The molecule has 1 aliphatic heterocycles. The van der Waals surface area contributed by atoms with E-state index in [0.717, 1.165) is 28.8 Å². The predicted octanol–water partition coefficient (Wildman–Crippen LogP) is 3.80. The van der Waals surface area contributed by atoms with Crippen LogP contribution in [0.3, 0.4) is 0 Å². The van der Waals surface area contributed by atoms with Gasteiger partial charge in [-0.1, -0.05) is 23.7 Å². The van der Waals surface area contributed by atoms with Crippen LogP contribution < -0.4 is 4.74 Å². The number of benzene rings is 1. The van der Waals surface area contributed by atoms with E-state index in [1.54, 1.807) is 0 Å². The molecule has 0 amide bonds. The van der Waals surface area contributed by atoms with Crippen molar-refractivity contribution >= 4 is 34.1 Å². The van der Waals surface area contributed by atoms with E-state index in [1.807, 2.05) is 24.4 Å². The fourth-order valence-electron chi connectivity index (χ4n) is 2.60. The van der Waals surface area contributed by atoms with Crippen molar-refractivity contribution in [2.45, 2.75) is 6.54 Å². The van der Waals surface area contributed by atoms with Gasteiger partial charge in [-0.2, -0.15) is 0 Å². The Balaban J connectivity index is 2.07. The predicted molar refractivity (Wildman–Crippen MR) is 78.5 cm³/mol. The lowest BCUT2D eigenvalue weighted by Gasteiger charge is -2.16. The van der Waals surface area contributed by atoms with Crippen LogP contribution in [0.2, 0.25) is 10.3 Å². The first-order chi connectivity index (χ1) is 9.74. The molecule has 0 atom stereocenters. The number of rotatable bonds is 1. The molecule has 1 aliphatic rings. The van der Waals surface area contributed by atoms with Gasteiger partial charge in [0.1, 0.15) is 12.4 Å². The first-order valence-corrected chi connectivity index (χ1v) is 6.93. The van der Waals surface area contributed by atoms with Gasteiger partial charge in [0, 0.05) is 17.1 Å². The minimum absolute atomic E-state index is 0.188. The van der Waals surface area contributed by atoms with E-state index >= 15 is 0 Å². The highest BCUT2D eigenvalue weighted by atomic mass is 35.5. The van der Waals surface area contributed by atoms with E-state index in [0.29, 0.717) is 17.3 Å². The smallest absolute Gasteiger partial charge is 0.222 e. The summed E-state index contributed by atoms with van der Waals surface area (Å²) in [7, 11) is 0. The van der Waals surface area contributed by atoms with Gasteiger partial charge < -0.3 is 9.30 Å². The van der Waals surface area contributed by atoms with Gasteiger partial charge >= 0.3 is 0 Å². The third kappa shape index (κ3) is 1.69. The molecule has 4 nitrogen and oxygen atoms in total. The third-order valence-corrected chi connectivity index (χ3v) is 3.88. The Morgan fingerprint density at radius 2 is 2.15 bits per heavy atom. The molecule has 3 aromatic rings. The molecule has 0 fully saturated rings. The molecule has 100 valence electrons. The van der Waals surface area contributed by atoms with E-state index in [1.165, 1.54) is 6.20 Å². The van der Waals surface area contributed by atoms with E-state index in [9.17, 15) is 0 Å². The highest BCUT2D eigenvalue weighted by molar-refractivity contribution is 6.34. The lowest BCUT2D eigenvalue weighted by Crippen LogP contribution is -2.12. The minimum Gasteiger partial charge on any atom is -0.490 e. The second-order valence-electron chi connectivity index (χ2n) is 4.57. The molecule has 0 saturated carbocycles. The first kappa shape index (κ1) is 12.0. The largest absolute Gasteiger partial charge is 0.490 e. The van der Waals surface area contributed by atoms with Crippen LogP contribution in [-0.4, -0.2) is 21.1 Å². The normalized spacial score (nSPS) is 13.5. The van der Waals surface area contributed by atoms with Gasteiger partial charge in [-0.15, -0.1) is 0 Å². The molecule has 0 unspecified atom stereocenters. The summed E-state index contributed by atoms with van der Waals surface area (Å²) in [6.45, 7) is 1.47. The van der Waals surface area contributed by atoms with Crippen LogP contribution in [0.15, 0.2) is 30.6 Å². The molecule has 0 N–H and O–H groups in total. The highest BCUT2D eigenvalue weighted by Crippen LogP contribution is 2.38. The number of hydrogen-bond acceptors (Lipinski definition) is 3. The van der Waals surface area contributed by atoms with Crippen LogP contribution in [-0.2, 0) is 6.54 Å². The number of para-hydroxylation sites is 1. The maximum absolute atomic E-state index is 6.21. The van der Waals surface area contributed by atoms with E-state index < -0.39 is 0 Å². The van der Waals surface area contributed by atoms with E-state index in [2.05, 4.69) is 14.5 Å². The molecule has 0 radical (unpaired) electrons. The fourth-order valence-corrected chi connectivity index (χ4v) is 2.92. The lowest BCUT2D eigenvalue weighted by molar-refractivity contribution is 0.287. The van der Waals surface area contributed by atoms with Gasteiger partial charge in [0.2, 0.25) is 5.28 Å². The van der Waals surface area contributed by atoms with Crippen molar-refractivity contribution in [1.29, 1.82) is 0 Å². The molecule has 6 heteroatoms. The summed E-state index contributed by atoms with van der Waals surface area (Å²) in [5.74, 6) is 0.885. The van der Waals surface area contributed by atoms with Crippen molar-refractivity contribution < 1.29 is 4.74 Å². The van der Waals surface area contributed by atoms with Crippen LogP contribution in [0.4, 0.5) is 0 Å². The van der Waals surface area contributed by atoms with Gasteiger partial charge in [-0.25, -0.2) is 9.97 Å². The van der Waals surface area contributed by atoms with Gasteiger partial charge in [0.05, 0.1) is 29.0 Å². The zero-order valence-corrected chi connectivity index (χ0v) is 11.8. The second-order valence-corrected chi connectivity index (χ2v) is 5.32. The van der Waals surface area contributed by atoms with Crippen molar-refractivity contribution in [3.63, 3.8) is 0 Å². The zero-order valence-electron chi connectivity index (χ0n) is 10.3. The number of halogens is 2.